The van der Waals surface area contributed by atoms with Crippen molar-refractivity contribution in [2.24, 2.45) is 0 Å². The first-order valence-corrected chi connectivity index (χ1v) is 9.38. The van der Waals surface area contributed by atoms with Crippen LogP contribution in [0.4, 0.5) is 5.69 Å². The molecule has 0 saturated heterocycles. The normalized spacial score (nSPS) is 11.0. The van der Waals surface area contributed by atoms with Crippen LogP contribution in [0.1, 0.15) is 32.5 Å². The summed E-state index contributed by atoms with van der Waals surface area (Å²) in [6.45, 7) is 6.98. The molecule has 1 amide bonds. The summed E-state index contributed by atoms with van der Waals surface area (Å²) in [5.74, 6) is 1.36. The van der Waals surface area contributed by atoms with Crippen molar-refractivity contribution in [2.75, 3.05) is 11.1 Å². The summed E-state index contributed by atoms with van der Waals surface area (Å²) in [4.78, 5) is 12.1. The van der Waals surface area contributed by atoms with Gasteiger partial charge < -0.3 is 9.88 Å². The molecule has 1 heterocycles. The third-order valence-electron chi connectivity index (χ3n) is 3.12. The number of nitrogens with one attached hydrogen (secondary N) is 1. The molecule has 1 aromatic carbocycles. The van der Waals surface area contributed by atoms with Crippen LogP contribution in [-0.4, -0.2) is 26.4 Å². The Morgan fingerprint density at radius 3 is 2.78 bits per heavy atom. The van der Waals surface area contributed by atoms with Crippen molar-refractivity contribution in [1.29, 1.82) is 0 Å². The Balaban J connectivity index is 1.99. The number of hydrogen-bond acceptors (Lipinski definition) is 4. The van der Waals surface area contributed by atoms with Gasteiger partial charge >= 0.3 is 0 Å². The van der Waals surface area contributed by atoms with E-state index in [2.05, 4.69) is 45.3 Å². The van der Waals surface area contributed by atoms with E-state index in [9.17, 15) is 4.79 Å². The molecule has 5 nitrogen and oxygen atoms in total. The highest BCUT2D eigenvalue weighted by atomic mass is 79.9. The van der Waals surface area contributed by atoms with Gasteiger partial charge in [0.05, 0.1) is 16.5 Å². The van der Waals surface area contributed by atoms with Crippen LogP contribution in [0.3, 0.4) is 0 Å². The molecule has 2 aromatic rings. The molecule has 0 aliphatic heterocycles. The molecule has 0 saturated carbocycles. The van der Waals surface area contributed by atoms with Crippen LogP contribution in [0.25, 0.3) is 0 Å². The molecule has 124 valence electrons. The summed E-state index contributed by atoms with van der Waals surface area (Å²) in [7, 11) is 0. The van der Waals surface area contributed by atoms with E-state index in [1.165, 1.54) is 11.8 Å². The molecule has 0 fully saturated rings. The van der Waals surface area contributed by atoms with Crippen molar-refractivity contribution in [3.8, 4) is 0 Å². The summed E-state index contributed by atoms with van der Waals surface area (Å²) in [6.07, 6.45) is 0. The number of benzene rings is 1. The van der Waals surface area contributed by atoms with Crippen LogP contribution in [0.5, 0.6) is 0 Å². The number of rotatable bonds is 6. The van der Waals surface area contributed by atoms with Gasteiger partial charge in [-0.1, -0.05) is 53.1 Å². The number of carbonyl (C=O) groups is 1. The fraction of sp³-hybridized carbons (Fsp3) is 0.400. The van der Waals surface area contributed by atoms with Gasteiger partial charge in [0.2, 0.25) is 5.91 Å². The van der Waals surface area contributed by atoms with E-state index in [0.717, 1.165) is 22.0 Å². The van der Waals surface area contributed by atoms with Crippen LogP contribution in [-0.2, 0) is 11.3 Å². The molecule has 1 N–H and O–H groups in total. The fourth-order valence-electron chi connectivity index (χ4n) is 2.04. The molecule has 0 aliphatic carbocycles. The summed E-state index contributed by atoms with van der Waals surface area (Å²) in [6, 6.07) is 5.34. The zero-order chi connectivity index (χ0) is 17.0. The average Bonchev–Trinajstić information content (AvgIpc) is 2.91. The third-order valence-corrected chi connectivity index (χ3v) is 4.89. The lowest BCUT2D eigenvalue weighted by Crippen LogP contribution is -2.15. The number of hydrogen-bond donors (Lipinski definition) is 1. The summed E-state index contributed by atoms with van der Waals surface area (Å²) in [5, 5.41) is 12.4. The number of amides is 1. The maximum Gasteiger partial charge on any atom is 0.234 e. The van der Waals surface area contributed by atoms with E-state index < -0.39 is 0 Å². The summed E-state index contributed by atoms with van der Waals surface area (Å²) < 4.78 is 2.90. The monoisotopic (exact) mass is 416 g/mol. The van der Waals surface area contributed by atoms with E-state index in [-0.39, 0.29) is 11.7 Å². The Kier molecular flexibility index (Phi) is 6.50. The van der Waals surface area contributed by atoms with Crippen molar-refractivity contribution in [1.82, 2.24) is 14.8 Å². The van der Waals surface area contributed by atoms with E-state index in [0.29, 0.717) is 16.6 Å². The quantitative estimate of drug-likeness (QED) is 0.700. The van der Waals surface area contributed by atoms with Gasteiger partial charge in [0, 0.05) is 16.9 Å². The van der Waals surface area contributed by atoms with E-state index >= 15 is 0 Å². The maximum atomic E-state index is 12.1. The van der Waals surface area contributed by atoms with Gasteiger partial charge in [0.1, 0.15) is 5.82 Å². The second kappa shape index (κ2) is 8.17. The van der Waals surface area contributed by atoms with Gasteiger partial charge in [-0.2, -0.15) is 0 Å². The molecule has 0 atom stereocenters. The molecular weight excluding hydrogens is 400 g/mol. The summed E-state index contributed by atoms with van der Waals surface area (Å²) >= 11 is 10.8. The molecule has 0 aliphatic rings. The first-order chi connectivity index (χ1) is 10.9. The van der Waals surface area contributed by atoms with Crippen molar-refractivity contribution in [3.05, 3.63) is 33.5 Å². The van der Waals surface area contributed by atoms with Crippen molar-refractivity contribution >= 4 is 50.9 Å². The number of anilines is 1. The molecule has 8 heteroatoms. The Morgan fingerprint density at radius 1 is 1.43 bits per heavy atom. The minimum Gasteiger partial charge on any atom is -0.324 e. The first-order valence-electron chi connectivity index (χ1n) is 7.23. The third kappa shape index (κ3) is 4.71. The van der Waals surface area contributed by atoms with Crippen LogP contribution < -0.4 is 5.32 Å². The minimum absolute atomic E-state index is 0.129. The maximum absolute atomic E-state index is 12.1. The van der Waals surface area contributed by atoms with Crippen LogP contribution in [0.2, 0.25) is 5.02 Å². The lowest BCUT2D eigenvalue weighted by Gasteiger charge is -2.10. The Hall–Kier alpha value is -1.05. The number of carbonyl (C=O) groups excluding carboxylic acids is 1. The topological polar surface area (TPSA) is 59.8 Å². The lowest BCUT2D eigenvalue weighted by molar-refractivity contribution is -0.113. The van der Waals surface area contributed by atoms with Crippen LogP contribution >= 0.6 is 39.3 Å². The van der Waals surface area contributed by atoms with Gasteiger partial charge in [0.15, 0.2) is 5.16 Å². The lowest BCUT2D eigenvalue weighted by atomic mass is 10.2. The Morgan fingerprint density at radius 2 is 2.17 bits per heavy atom. The molecule has 0 bridgehead atoms. The van der Waals surface area contributed by atoms with Crippen molar-refractivity contribution in [3.63, 3.8) is 0 Å². The van der Waals surface area contributed by atoms with Gasteiger partial charge in [-0.05, 0) is 25.1 Å². The fourth-order valence-corrected chi connectivity index (χ4v) is 3.57. The zero-order valence-electron chi connectivity index (χ0n) is 13.1. The predicted octanol–water partition coefficient (Wildman–Crippen LogP) is 4.57. The van der Waals surface area contributed by atoms with E-state index in [1.54, 1.807) is 12.1 Å². The van der Waals surface area contributed by atoms with Crippen molar-refractivity contribution in [2.45, 2.75) is 38.4 Å². The molecule has 2 rings (SSSR count). The molecule has 0 unspecified atom stereocenters. The number of thioether (sulfide) groups is 1. The second-order valence-corrected chi connectivity index (χ2v) is 7.47. The van der Waals surface area contributed by atoms with Gasteiger partial charge in [-0.3, -0.25) is 4.79 Å². The zero-order valence-corrected chi connectivity index (χ0v) is 16.3. The second-order valence-electron chi connectivity index (χ2n) is 5.20. The average molecular weight is 418 g/mol. The Labute approximate surface area is 153 Å². The van der Waals surface area contributed by atoms with Crippen LogP contribution in [0, 0.1) is 0 Å². The summed E-state index contributed by atoms with van der Waals surface area (Å²) in [5.41, 5.74) is 0.597. The van der Waals surface area contributed by atoms with Crippen molar-refractivity contribution < 1.29 is 4.79 Å². The number of aromatic nitrogens is 3. The van der Waals surface area contributed by atoms with Gasteiger partial charge in [-0.15, -0.1) is 10.2 Å². The molecule has 1 aromatic heterocycles. The Bertz CT molecular complexity index is 705. The minimum atomic E-state index is -0.129. The molecular formula is C15H18BrClN4OS. The molecule has 0 spiro atoms. The molecule has 23 heavy (non-hydrogen) atoms. The predicted molar refractivity (Wildman–Crippen MR) is 98.3 cm³/mol. The SMILES string of the molecule is CCn1c(SCC(=O)Nc2ccc(Br)cc2Cl)nnc1C(C)C. The van der Waals surface area contributed by atoms with Gasteiger partial charge in [-0.25, -0.2) is 0 Å². The highest BCUT2D eigenvalue weighted by Crippen LogP contribution is 2.26. The smallest absolute Gasteiger partial charge is 0.234 e. The first kappa shape index (κ1) is 18.3. The number of halogens is 2. The number of nitrogens with zero attached hydrogens (tertiary/aromatic N) is 3. The highest BCUT2D eigenvalue weighted by molar-refractivity contribution is 9.10. The molecule has 0 radical (unpaired) electrons. The van der Waals surface area contributed by atoms with E-state index in [4.69, 9.17) is 11.6 Å². The standard InChI is InChI=1S/C15H18BrClN4OS/c1-4-21-14(9(2)3)19-20-15(21)23-8-13(22)18-12-6-5-10(16)7-11(12)17/h5-7,9H,4,8H2,1-3H3,(H,18,22). The van der Waals surface area contributed by atoms with E-state index in [1.807, 2.05) is 17.6 Å². The highest BCUT2D eigenvalue weighted by Gasteiger charge is 2.15. The largest absolute Gasteiger partial charge is 0.324 e. The van der Waals surface area contributed by atoms with Gasteiger partial charge in [0.25, 0.3) is 0 Å². The van der Waals surface area contributed by atoms with Crippen LogP contribution in [0.15, 0.2) is 27.8 Å².